The van der Waals surface area contributed by atoms with Gasteiger partial charge in [-0.3, -0.25) is 10.1 Å². The molecule has 0 aliphatic heterocycles. The topological polar surface area (TPSA) is 85.5 Å². The van der Waals surface area contributed by atoms with Crippen LogP contribution in [-0.4, -0.2) is 60.0 Å². The molecule has 0 unspecified atom stereocenters. The van der Waals surface area contributed by atoms with E-state index in [4.69, 9.17) is 4.74 Å². The second-order valence-corrected chi connectivity index (χ2v) is 4.70. The van der Waals surface area contributed by atoms with Gasteiger partial charge in [0.1, 0.15) is 5.69 Å². The van der Waals surface area contributed by atoms with Crippen molar-refractivity contribution in [2.45, 2.75) is 20.4 Å². The van der Waals surface area contributed by atoms with Gasteiger partial charge >= 0.3 is 5.69 Å². The van der Waals surface area contributed by atoms with Gasteiger partial charge in [0.05, 0.1) is 18.1 Å². The highest BCUT2D eigenvalue weighted by Gasteiger charge is 2.24. The van der Waals surface area contributed by atoms with Crippen molar-refractivity contribution in [1.82, 2.24) is 14.7 Å². The van der Waals surface area contributed by atoms with E-state index in [1.165, 1.54) is 0 Å². The predicted molar refractivity (Wildman–Crippen MR) is 77.2 cm³/mol. The highest BCUT2D eigenvalue weighted by atomic mass is 16.6. The van der Waals surface area contributed by atoms with Gasteiger partial charge in [0.15, 0.2) is 0 Å². The summed E-state index contributed by atoms with van der Waals surface area (Å²) in [5, 5.41) is 18.3. The quantitative estimate of drug-likeness (QED) is 0.415. The standard InChI is InChI=1S/C12H23N5O3/c1-5-16-12(11(17(18)19)10(2)14-16)13-6-8-20-9-7-15(3)4/h13H,5-9H2,1-4H3. The Bertz CT molecular complexity index is 445. The number of ether oxygens (including phenoxy) is 1. The summed E-state index contributed by atoms with van der Waals surface area (Å²) in [6, 6.07) is 0. The summed E-state index contributed by atoms with van der Waals surface area (Å²) in [6.07, 6.45) is 0. The predicted octanol–water partition coefficient (Wildman–Crippen LogP) is 1.11. The van der Waals surface area contributed by atoms with Crippen LogP contribution < -0.4 is 5.32 Å². The number of anilines is 1. The van der Waals surface area contributed by atoms with E-state index in [0.717, 1.165) is 6.54 Å². The van der Waals surface area contributed by atoms with Crippen molar-refractivity contribution < 1.29 is 9.66 Å². The highest BCUT2D eigenvalue weighted by molar-refractivity contribution is 5.59. The third-order valence-corrected chi connectivity index (χ3v) is 2.80. The molecule has 0 saturated carbocycles. The van der Waals surface area contributed by atoms with Crippen LogP contribution in [0.2, 0.25) is 0 Å². The van der Waals surface area contributed by atoms with Crippen molar-refractivity contribution in [3.8, 4) is 0 Å². The molecule has 114 valence electrons. The first-order chi connectivity index (χ1) is 9.47. The number of aryl methyl sites for hydroxylation is 2. The lowest BCUT2D eigenvalue weighted by atomic mass is 10.4. The Hall–Kier alpha value is -1.67. The fourth-order valence-corrected chi connectivity index (χ4v) is 1.79. The summed E-state index contributed by atoms with van der Waals surface area (Å²) in [4.78, 5) is 12.7. The third kappa shape index (κ3) is 4.46. The number of nitrogens with one attached hydrogen (secondary N) is 1. The number of likely N-dealkylation sites (N-methyl/N-ethyl adjacent to an activating group) is 1. The molecule has 0 saturated heterocycles. The van der Waals surface area contributed by atoms with E-state index in [0.29, 0.717) is 37.8 Å². The van der Waals surface area contributed by atoms with Crippen LogP contribution in [0.4, 0.5) is 11.5 Å². The van der Waals surface area contributed by atoms with Crippen LogP contribution in [0, 0.1) is 17.0 Å². The normalized spacial score (nSPS) is 11.1. The molecule has 20 heavy (non-hydrogen) atoms. The average molecular weight is 285 g/mol. The minimum Gasteiger partial charge on any atom is -0.378 e. The lowest BCUT2D eigenvalue weighted by Gasteiger charge is -2.11. The Kier molecular flexibility index (Phi) is 6.40. The van der Waals surface area contributed by atoms with Crippen LogP contribution in [0.25, 0.3) is 0 Å². The van der Waals surface area contributed by atoms with Gasteiger partial charge < -0.3 is 15.0 Å². The molecule has 0 spiro atoms. The maximum atomic E-state index is 11.1. The molecule has 1 N–H and O–H groups in total. The molecule has 0 bridgehead atoms. The Morgan fingerprint density at radius 1 is 1.45 bits per heavy atom. The molecular formula is C12H23N5O3. The van der Waals surface area contributed by atoms with Crippen LogP contribution >= 0.6 is 0 Å². The molecule has 1 heterocycles. The zero-order valence-electron chi connectivity index (χ0n) is 12.5. The van der Waals surface area contributed by atoms with Gasteiger partial charge in [0.2, 0.25) is 5.82 Å². The summed E-state index contributed by atoms with van der Waals surface area (Å²) >= 11 is 0. The monoisotopic (exact) mass is 285 g/mol. The molecule has 0 radical (unpaired) electrons. The zero-order chi connectivity index (χ0) is 15.1. The van der Waals surface area contributed by atoms with E-state index in [-0.39, 0.29) is 5.69 Å². The van der Waals surface area contributed by atoms with Gasteiger partial charge in [-0.1, -0.05) is 0 Å². The van der Waals surface area contributed by atoms with E-state index in [9.17, 15) is 10.1 Å². The van der Waals surface area contributed by atoms with E-state index in [2.05, 4.69) is 10.4 Å². The van der Waals surface area contributed by atoms with Gasteiger partial charge in [0.25, 0.3) is 0 Å². The molecule has 1 aromatic rings. The van der Waals surface area contributed by atoms with Crippen LogP contribution in [-0.2, 0) is 11.3 Å². The van der Waals surface area contributed by atoms with E-state index in [1.807, 2.05) is 25.9 Å². The van der Waals surface area contributed by atoms with Crippen molar-refractivity contribution in [3.63, 3.8) is 0 Å². The number of hydrogen-bond acceptors (Lipinski definition) is 6. The van der Waals surface area contributed by atoms with Crippen LogP contribution in [0.1, 0.15) is 12.6 Å². The molecule has 1 rings (SSSR count). The number of aromatic nitrogens is 2. The molecule has 8 nitrogen and oxygen atoms in total. The third-order valence-electron chi connectivity index (χ3n) is 2.80. The summed E-state index contributed by atoms with van der Waals surface area (Å²) in [7, 11) is 3.96. The van der Waals surface area contributed by atoms with Gasteiger partial charge in [-0.2, -0.15) is 5.10 Å². The first-order valence-electron chi connectivity index (χ1n) is 6.65. The van der Waals surface area contributed by atoms with Crippen LogP contribution in [0.15, 0.2) is 0 Å². The first kappa shape index (κ1) is 16.4. The molecule has 0 aliphatic rings. The maximum absolute atomic E-state index is 11.1. The molecule has 0 amide bonds. The van der Waals surface area contributed by atoms with Gasteiger partial charge in [-0.05, 0) is 27.9 Å². The maximum Gasteiger partial charge on any atom is 0.333 e. The summed E-state index contributed by atoms with van der Waals surface area (Å²) in [5.41, 5.74) is 0.466. The number of rotatable bonds is 9. The Labute approximate surface area is 118 Å². The van der Waals surface area contributed by atoms with Gasteiger partial charge in [-0.15, -0.1) is 0 Å². The second-order valence-electron chi connectivity index (χ2n) is 4.70. The molecule has 0 aliphatic carbocycles. The molecule has 0 atom stereocenters. The Morgan fingerprint density at radius 3 is 2.70 bits per heavy atom. The lowest BCUT2D eigenvalue weighted by molar-refractivity contribution is -0.384. The fourth-order valence-electron chi connectivity index (χ4n) is 1.79. The number of nitro groups is 1. The van der Waals surface area contributed by atoms with Gasteiger partial charge in [-0.25, -0.2) is 4.68 Å². The van der Waals surface area contributed by atoms with Crippen molar-refractivity contribution in [3.05, 3.63) is 15.8 Å². The highest BCUT2D eigenvalue weighted by Crippen LogP contribution is 2.27. The Balaban J connectivity index is 2.52. The zero-order valence-corrected chi connectivity index (χ0v) is 12.5. The van der Waals surface area contributed by atoms with Crippen molar-refractivity contribution in [2.75, 3.05) is 45.7 Å². The number of hydrogen-bond donors (Lipinski definition) is 1. The second kappa shape index (κ2) is 7.81. The first-order valence-corrected chi connectivity index (χ1v) is 6.65. The molecule has 0 fully saturated rings. The smallest absolute Gasteiger partial charge is 0.333 e. The van der Waals surface area contributed by atoms with Crippen molar-refractivity contribution >= 4 is 11.5 Å². The largest absolute Gasteiger partial charge is 0.378 e. The van der Waals surface area contributed by atoms with Crippen molar-refractivity contribution in [2.24, 2.45) is 0 Å². The molecular weight excluding hydrogens is 262 g/mol. The summed E-state index contributed by atoms with van der Waals surface area (Å²) < 4.78 is 7.05. The number of nitrogens with zero attached hydrogens (tertiary/aromatic N) is 4. The van der Waals surface area contributed by atoms with Crippen molar-refractivity contribution in [1.29, 1.82) is 0 Å². The van der Waals surface area contributed by atoms with E-state index < -0.39 is 4.92 Å². The van der Waals surface area contributed by atoms with Crippen LogP contribution in [0.5, 0.6) is 0 Å². The molecule has 0 aromatic carbocycles. The minimum absolute atomic E-state index is 0.0418. The molecule has 8 heteroatoms. The fraction of sp³-hybridized carbons (Fsp3) is 0.750. The van der Waals surface area contributed by atoms with E-state index in [1.54, 1.807) is 11.6 Å². The molecule has 1 aromatic heterocycles. The van der Waals surface area contributed by atoms with E-state index >= 15 is 0 Å². The lowest BCUT2D eigenvalue weighted by Crippen LogP contribution is -2.20. The summed E-state index contributed by atoms with van der Waals surface area (Å²) in [6.45, 7) is 6.63. The minimum atomic E-state index is -0.399. The SMILES string of the molecule is CCn1nc(C)c([N+](=O)[O-])c1NCCOCCN(C)C. The van der Waals surface area contributed by atoms with Crippen LogP contribution in [0.3, 0.4) is 0 Å². The Morgan fingerprint density at radius 2 is 2.15 bits per heavy atom. The summed E-state index contributed by atoms with van der Waals surface area (Å²) in [5.74, 6) is 0.450. The van der Waals surface area contributed by atoms with Gasteiger partial charge in [0, 0.05) is 19.6 Å². The average Bonchev–Trinajstić information content (AvgIpc) is 2.69.